The zero-order valence-electron chi connectivity index (χ0n) is 15.6. The minimum atomic E-state index is -0.543. The number of nitro groups is 1. The Hall–Kier alpha value is -3.56. The first-order chi connectivity index (χ1) is 14.4. The Kier molecular flexibility index (Phi) is 5.30. The number of imidazole rings is 1. The van der Waals surface area contributed by atoms with Crippen LogP contribution in [0.2, 0.25) is 5.02 Å². The highest BCUT2D eigenvalue weighted by molar-refractivity contribution is 7.12. The molecule has 10 heteroatoms. The summed E-state index contributed by atoms with van der Waals surface area (Å²) in [6.07, 6.45) is 1.52. The number of nitro benzene ring substituents is 1. The number of carbonyl (C=O) groups is 1. The maximum absolute atomic E-state index is 12.6. The summed E-state index contributed by atoms with van der Waals surface area (Å²) in [6, 6.07) is 12.9. The van der Waals surface area contributed by atoms with Gasteiger partial charge < -0.3 is 5.32 Å². The third kappa shape index (κ3) is 3.93. The van der Waals surface area contributed by atoms with E-state index in [0.717, 1.165) is 11.3 Å². The van der Waals surface area contributed by atoms with E-state index in [1.165, 1.54) is 41.8 Å². The van der Waals surface area contributed by atoms with Crippen molar-refractivity contribution in [3.05, 3.63) is 86.6 Å². The zero-order valence-corrected chi connectivity index (χ0v) is 17.1. The van der Waals surface area contributed by atoms with Crippen LogP contribution in [0.5, 0.6) is 0 Å². The second kappa shape index (κ2) is 8.05. The van der Waals surface area contributed by atoms with Crippen molar-refractivity contribution in [1.29, 1.82) is 0 Å². The van der Waals surface area contributed by atoms with Crippen LogP contribution in [0, 0.1) is 17.0 Å². The normalized spacial score (nSPS) is 10.7. The average Bonchev–Trinajstić information content (AvgIpc) is 3.35. The lowest BCUT2D eigenvalue weighted by molar-refractivity contribution is -0.384. The van der Waals surface area contributed by atoms with Crippen LogP contribution in [0.1, 0.15) is 16.2 Å². The molecule has 4 aromatic rings. The quantitative estimate of drug-likeness (QED) is 0.343. The highest BCUT2D eigenvalue weighted by Crippen LogP contribution is 2.28. The predicted molar refractivity (Wildman–Crippen MR) is 115 cm³/mol. The van der Waals surface area contributed by atoms with E-state index < -0.39 is 10.8 Å². The Bertz CT molecular complexity index is 1250. The van der Waals surface area contributed by atoms with Crippen molar-refractivity contribution in [2.24, 2.45) is 0 Å². The monoisotopic (exact) mass is 439 g/mol. The van der Waals surface area contributed by atoms with Gasteiger partial charge in [0.2, 0.25) is 0 Å². The van der Waals surface area contributed by atoms with E-state index in [0.29, 0.717) is 21.8 Å². The van der Waals surface area contributed by atoms with Gasteiger partial charge in [-0.3, -0.25) is 19.5 Å². The van der Waals surface area contributed by atoms with Crippen molar-refractivity contribution in [3.8, 4) is 16.4 Å². The number of anilines is 1. The second-order valence-corrected chi connectivity index (χ2v) is 7.58. The molecule has 2 heterocycles. The molecule has 150 valence electrons. The molecule has 1 N–H and O–H groups in total. The zero-order chi connectivity index (χ0) is 21.3. The van der Waals surface area contributed by atoms with Crippen LogP contribution in [0.4, 0.5) is 11.5 Å². The maximum Gasteiger partial charge on any atom is 0.270 e. The molecule has 0 unspecified atom stereocenters. The van der Waals surface area contributed by atoms with Crippen LogP contribution in [0.3, 0.4) is 0 Å². The Morgan fingerprint density at radius 2 is 2.00 bits per heavy atom. The van der Waals surface area contributed by atoms with Gasteiger partial charge >= 0.3 is 0 Å². The van der Waals surface area contributed by atoms with Gasteiger partial charge in [0.05, 0.1) is 16.8 Å². The fourth-order valence-corrected chi connectivity index (χ4v) is 3.86. The summed E-state index contributed by atoms with van der Waals surface area (Å²) < 4.78 is 1.72. The van der Waals surface area contributed by atoms with Gasteiger partial charge in [-0.25, -0.2) is 9.97 Å². The average molecular weight is 440 g/mol. The third-order valence-electron chi connectivity index (χ3n) is 4.32. The molecule has 2 aromatic heterocycles. The van der Waals surface area contributed by atoms with E-state index in [1.54, 1.807) is 23.6 Å². The summed E-state index contributed by atoms with van der Waals surface area (Å²) >= 11 is 7.35. The summed E-state index contributed by atoms with van der Waals surface area (Å²) in [7, 11) is 0. The standard InChI is InChI=1S/C20H14ClN5O3S/c1-12-22-10-18(24-19(27)14-3-2-4-16(9-14)26(28)29)25(12)20-23-17(11-30-20)13-5-7-15(21)8-6-13/h2-11H,1H3,(H,24,27). The van der Waals surface area contributed by atoms with E-state index in [2.05, 4.69) is 15.3 Å². The number of aromatic nitrogens is 3. The summed E-state index contributed by atoms with van der Waals surface area (Å²) in [5.74, 6) is 0.580. The second-order valence-electron chi connectivity index (χ2n) is 6.31. The van der Waals surface area contributed by atoms with Crippen LogP contribution in [0.15, 0.2) is 60.1 Å². The maximum atomic E-state index is 12.6. The van der Waals surface area contributed by atoms with Crippen molar-refractivity contribution in [2.45, 2.75) is 6.92 Å². The molecule has 0 spiro atoms. The summed E-state index contributed by atoms with van der Waals surface area (Å²) in [4.78, 5) is 32.0. The fraction of sp³-hybridized carbons (Fsp3) is 0.0500. The van der Waals surface area contributed by atoms with E-state index in [9.17, 15) is 14.9 Å². The van der Waals surface area contributed by atoms with Gasteiger partial charge in [0.25, 0.3) is 11.6 Å². The first kappa shape index (κ1) is 19.7. The van der Waals surface area contributed by atoms with E-state index >= 15 is 0 Å². The molecular weight excluding hydrogens is 426 g/mol. The van der Waals surface area contributed by atoms with Crippen LogP contribution in [-0.2, 0) is 0 Å². The summed E-state index contributed by atoms with van der Waals surface area (Å²) in [6.45, 7) is 1.80. The molecule has 0 bridgehead atoms. The molecule has 0 aliphatic rings. The fourth-order valence-electron chi connectivity index (χ4n) is 2.84. The molecule has 30 heavy (non-hydrogen) atoms. The minimum Gasteiger partial charge on any atom is -0.306 e. The van der Waals surface area contributed by atoms with E-state index in [-0.39, 0.29) is 11.3 Å². The van der Waals surface area contributed by atoms with Crippen molar-refractivity contribution < 1.29 is 9.72 Å². The van der Waals surface area contributed by atoms with Crippen molar-refractivity contribution >= 4 is 40.4 Å². The first-order valence-corrected chi connectivity index (χ1v) is 10.00. The predicted octanol–water partition coefficient (Wildman–Crippen LogP) is 5.12. The smallest absolute Gasteiger partial charge is 0.270 e. The lowest BCUT2D eigenvalue weighted by Gasteiger charge is -2.08. The molecule has 0 fully saturated rings. The van der Waals surface area contributed by atoms with Gasteiger partial charge in [0.15, 0.2) is 5.13 Å². The van der Waals surface area contributed by atoms with Gasteiger partial charge in [-0.1, -0.05) is 29.8 Å². The largest absolute Gasteiger partial charge is 0.306 e. The molecular formula is C20H14ClN5O3S. The molecule has 4 rings (SSSR count). The molecule has 0 atom stereocenters. The van der Waals surface area contributed by atoms with Crippen LogP contribution >= 0.6 is 22.9 Å². The van der Waals surface area contributed by atoms with Gasteiger partial charge in [-0.05, 0) is 25.1 Å². The highest BCUT2D eigenvalue weighted by atomic mass is 35.5. The van der Waals surface area contributed by atoms with Crippen molar-refractivity contribution in [1.82, 2.24) is 14.5 Å². The number of non-ortho nitro benzene ring substituents is 1. The molecule has 0 saturated heterocycles. The number of thiazole rings is 1. The van der Waals surface area contributed by atoms with Gasteiger partial charge in [-0.2, -0.15) is 0 Å². The number of hydrogen-bond donors (Lipinski definition) is 1. The number of benzene rings is 2. The number of hydrogen-bond acceptors (Lipinski definition) is 6. The van der Waals surface area contributed by atoms with Crippen molar-refractivity contribution in [3.63, 3.8) is 0 Å². The Labute approximate surface area is 179 Å². The summed E-state index contributed by atoms with van der Waals surface area (Å²) in [5, 5.41) is 16.9. The molecule has 0 aliphatic heterocycles. The number of carbonyl (C=O) groups excluding carboxylic acids is 1. The molecule has 1 amide bonds. The number of halogens is 1. The lowest BCUT2D eigenvalue weighted by atomic mass is 10.2. The van der Waals surface area contributed by atoms with Gasteiger partial charge in [-0.15, -0.1) is 11.3 Å². The lowest BCUT2D eigenvalue weighted by Crippen LogP contribution is -2.15. The van der Waals surface area contributed by atoms with Crippen LogP contribution < -0.4 is 5.32 Å². The molecule has 0 radical (unpaired) electrons. The van der Waals surface area contributed by atoms with Crippen molar-refractivity contribution in [2.75, 3.05) is 5.32 Å². The SMILES string of the molecule is Cc1ncc(NC(=O)c2cccc([N+](=O)[O-])c2)n1-c1nc(-c2ccc(Cl)cc2)cs1. The molecule has 0 saturated carbocycles. The highest BCUT2D eigenvalue weighted by Gasteiger charge is 2.17. The first-order valence-electron chi connectivity index (χ1n) is 8.74. The summed E-state index contributed by atoms with van der Waals surface area (Å²) in [5.41, 5.74) is 1.72. The third-order valence-corrected chi connectivity index (χ3v) is 5.40. The number of aryl methyl sites for hydroxylation is 1. The van der Waals surface area contributed by atoms with Crippen LogP contribution in [-0.4, -0.2) is 25.4 Å². The van der Waals surface area contributed by atoms with Gasteiger partial charge in [0.1, 0.15) is 11.6 Å². The number of amides is 1. The van der Waals surface area contributed by atoms with E-state index in [4.69, 9.17) is 11.6 Å². The number of nitrogens with zero attached hydrogens (tertiary/aromatic N) is 4. The Morgan fingerprint density at radius 3 is 2.73 bits per heavy atom. The van der Waals surface area contributed by atoms with Gasteiger partial charge in [0, 0.05) is 33.7 Å². The van der Waals surface area contributed by atoms with Crippen LogP contribution in [0.25, 0.3) is 16.4 Å². The molecule has 8 nitrogen and oxygen atoms in total. The topological polar surface area (TPSA) is 103 Å². The number of nitrogens with one attached hydrogen (secondary N) is 1. The van der Waals surface area contributed by atoms with E-state index in [1.807, 2.05) is 17.5 Å². The Morgan fingerprint density at radius 1 is 1.23 bits per heavy atom. The minimum absolute atomic E-state index is 0.153. The Balaban J connectivity index is 1.62. The number of rotatable bonds is 5. The molecule has 0 aliphatic carbocycles. The molecule has 2 aromatic carbocycles.